The Bertz CT molecular complexity index is 498. The summed E-state index contributed by atoms with van der Waals surface area (Å²) < 4.78 is 0. The Hall–Kier alpha value is -1.37. The Morgan fingerprint density at radius 2 is 1.29 bits per heavy atom. The standard InChI is InChI=1S/C18H27NO2/c1-10(2)13-7-14(11(3)4)17(15(8-13)12(5)6)18(21)16(20)9-19/h7-8,10-12,16,18,20-21H,1-6H3. The molecule has 0 radical (unpaired) electrons. The third-order valence-electron chi connectivity index (χ3n) is 3.90. The van der Waals surface area contributed by atoms with E-state index < -0.39 is 12.2 Å². The molecule has 21 heavy (non-hydrogen) atoms. The van der Waals surface area contributed by atoms with Crippen LogP contribution in [0.4, 0.5) is 0 Å². The molecule has 116 valence electrons. The van der Waals surface area contributed by atoms with Crippen LogP contribution in [0.25, 0.3) is 0 Å². The number of rotatable bonds is 5. The predicted molar refractivity (Wildman–Crippen MR) is 85.3 cm³/mol. The van der Waals surface area contributed by atoms with Crippen LogP contribution >= 0.6 is 0 Å². The molecular weight excluding hydrogens is 262 g/mol. The largest absolute Gasteiger partial charge is 0.385 e. The van der Waals surface area contributed by atoms with Gasteiger partial charge in [-0.05, 0) is 40.0 Å². The lowest BCUT2D eigenvalue weighted by Gasteiger charge is -2.26. The van der Waals surface area contributed by atoms with Gasteiger partial charge in [-0.2, -0.15) is 5.26 Å². The van der Waals surface area contributed by atoms with E-state index in [0.29, 0.717) is 5.92 Å². The molecule has 3 heteroatoms. The summed E-state index contributed by atoms with van der Waals surface area (Å²) in [5, 5.41) is 29.1. The summed E-state index contributed by atoms with van der Waals surface area (Å²) in [6.07, 6.45) is -2.56. The number of benzene rings is 1. The molecule has 3 nitrogen and oxygen atoms in total. The van der Waals surface area contributed by atoms with E-state index >= 15 is 0 Å². The van der Waals surface area contributed by atoms with Crippen molar-refractivity contribution in [3.05, 3.63) is 34.4 Å². The summed E-state index contributed by atoms with van der Waals surface area (Å²) in [7, 11) is 0. The van der Waals surface area contributed by atoms with Crippen molar-refractivity contribution >= 4 is 0 Å². The molecule has 0 amide bonds. The van der Waals surface area contributed by atoms with E-state index in [1.165, 1.54) is 5.56 Å². The molecule has 0 fully saturated rings. The van der Waals surface area contributed by atoms with E-state index in [9.17, 15) is 10.2 Å². The molecule has 0 bridgehead atoms. The molecule has 0 saturated heterocycles. The molecule has 0 aliphatic rings. The minimum Gasteiger partial charge on any atom is -0.385 e. The third kappa shape index (κ3) is 3.84. The van der Waals surface area contributed by atoms with Gasteiger partial charge in [-0.25, -0.2) is 0 Å². The van der Waals surface area contributed by atoms with E-state index in [2.05, 4.69) is 53.7 Å². The van der Waals surface area contributed by atoms with Crippen LogP contribution in [-0.2, 0) is 0 Å². The number of aliphatic hydroxyl groups is 2. The fourth-order valence-electron chi connectivity index (χ4n) is 2.58. The third-order valence-corrected chi connectivity index (χ3v) is 3.90. The number of hydrogen-bond donors (Lipinski definition) is 2. The molecule has 0 spiro atoms. The van der Waals surface area contributed by atoms with Crippen molar-refractivity contribution in [3.8, 4) is 6.07 Å². The zero-order valence-electron chi connectivity index (χ0n) is 13.9. The average Bonchev–Trinajstić information content (AvgIpc) is 2.43. The molecular formula is C18H27NO2. The normalized spacial score (nSPS) is 14.6. The highest BCUT2D eigenvalue weighted by Gasteiger charge is 2.26. The topological polar surface area (TPSA) is 64.2 Å². The van der Waals surface area contributed by atoms with Gasteiger partial charge < -0.3 is 10.2 Å². The van der Waals surface area contributed by atoms with Crippen molar-refractivity contribution in [3.63, 3.8) is 0 Å². The maximum absolute atomic E-state index is 10.4. The summed E-state index contributed by atoms with van der Waals surface area (Å²) in [5.41, 5.74) is 3.99. The van der Waals surface area contributed by atoms with Gasteiger partial charge >= 0.3 is 0 Å². The predicted octanol–water partition coefficient (Wildman–Crippen LogP) is 3.97. The number of hydrogen-bond acceptors (Lipinski definition) is 3. The first-order chi connectivity index (χ1) is 9.70. The maximum atomic E-state index is 10.4. The summed E-state index contributed by atoms with van der Waals surface area (Å²) in [6.45, 7) is 12.6. The first kappa shape index (κ1) is 17.7. The highest BCUT2D eigenvalue weighted by atomic mass is 16.3. The molecule has 2 N–H and O–H groups in total. The summed E-state index contributed by atoms with van der Waals surface area (Å²) in [4.78, 5) is 0. The molecule has 1 aromatic rings. The average molecular weight is 289 g/mol. The second-order valence-electron chi connectivity index (χ2n) is 6.60. The molecule has 0 aromatic heterocycles. The number of nitriles is 1. The molecule has 0 heterocycles. The Kier molecular flexibility index (Phi) is 5.95. The van der Waals surface area contributed by atoms with Crippen molar-refractivity contribution in [2.24, 2.45) is 0 Å². The van der Waals surface area contributed by atoms with Crippen molar-refractivity contribution < 1.29 is 10.2 Å². The van der Waals surface area contributed by atoms with Crippen LogP contribution in [0.15, 0.2) is 12.1 Å². The second-order valence-corrected chi connectivity index (χ2v) is 6.60. The van der Waals surface area contributed by atoms with Crippen molar-refractivity contribution in [1.82, 2.24) is 0 Å². The van der Waals surface area contributed by atoms with Gasteiger partial charge in [0.15, 0.2) is 6.10 Å². The Labute approximate surface area is 128 Å². The lowest BCUT2D eigenvalue weighted by atomic mass is 9.81. The van der Waals surface area contributed by atoms with Gasteiger partial charge in [-0.1, -0.05) is 53.7 Å². The van der Waals surface area contributed by atoms with Crippen LogP contribution in [0.3, 0.4) is 0 Å². The fourth-order valence-corrected chi connectivity index (χ4v) is 2.58. The lowest BCUT2D eigenvalue weighted by molar-refractivity contribution is 0.0512. The number of nitrogens with zero attached hydrogens (tertiary/aromatic N) is 1. The Morgan fingerprint density at radius 3 is 1.57 bits per heavy atom. The van der Waals surface area contributed by atoms with Crippen LogP contribution in [0, 0.1) is 11.3 Å². The monoisotopic (exact) mass is 289 g/mol. The molecule has 1 aromatic carbocycles. The van der Waals surface area contributed by atoms with Gasteiger partial charge in [0.2, 0.25) is 0 Å². The van der Waals surface area contributed by atoms with E-state index in [-0.39, 0.29) is 11.8 Å². The molecule has 0 aliphatic heterocycles. The van der Waals surface area contributed by atoms with Gasteiger partial charge in [0.1, 0.15) is 6.10 Å². The molecule has 0 saturated carbocycles. The Morgan fingerprint density at radius 1 is 0.857 bits per heavy atom. The van der Waals surface area contributed by atoms with Crippen molar-refractivity contribution in [2.75, 3.05) is 0 Å². The molecule has 0 aliphatic carbocycles. The van der Waals surface area contributed by atoms with Crippen LogP contribution in [0.1, 0.15) is 87.7 Å². The first-order valence-corrected chi connectivity index (χ1v) is 7.64. The molecule has 2 atom stereocenters. The highest BCUT2D eigenvalue weighted by Crippen LogP contribution is 2.36. The van der Waals surface area contributed by atoms with E-state index in [1.807, 2.05) is 0 Å². The minimum atomic E-state index is -1.40. The van der Waals surface area contributed by atoms with Gasteiger partial charge in [-0.15, -0.1) is 0 Å². The van der Waals surface area contributed by atoms with E-state index in [0.717, 1.165) is 16.7 Å². The minimum absolute atomic E-state index is 0.219. The first-order valence-electron chi connectivity index (χ1n) is 7.64. The van der Waals surface area contributed by atoms with Crippen LogP contribution < -0.4 is 0 Å². The highest BCUT2D eigenvalue weighted by molar-refractivity contribution is 5.45. The lowest BCUT2D eigenvalue weighted by Crippen LogP contribution is -2.20. The SMILES string of the molecule is CC(C)c1cc(C(C)C)c(C(O)C(O)C#N)c(C(C)C)c1. The summed E-state index contributed by atoms with van der Waals surface area (Å²) in [6, 6.07) is 5.94. The van der Waals surface area contributed by atoms with Crippen LogP contribution in [0.2, 0.25) is 0 Å². The molecule has 1 rings (SSSR count). The Balaban J connectivity index is 3.62. The van der Waals surface area contributed by atoms with Gasteiger partial charge in [-0.3, -0.25) is 0 Å². The molecule has 2 unspecified atom stereocenters. The van der Waals surface area contributed by atoms with Gasteiger partial charge in [0.05, 0.1) is 6.07 Å². The quantitative estimate of drug-likeness (QED) is 0.806. The zero-order chi connectivity index (χ0) is 16.3. The van der Waals surface area contributed by atoms with Crippen molar-refractivity contribution in [1.29, 1.82) is 5.26 Å². The smallest absolute Gasteiger partial charge is 0.170 e. The second kappa shape index (κ2) is 7.06. The summed E-state index contributed by atoms with van der Waals surface area (Å²) >= 11 is 0. The van der Waals surface area contributed by atoms with Crippen molar-refractivity contribution in [2.45, 2.75) is 71.5 Å². The maximum Gasteiger partial charge on any atom is 0.170 e. The summed E-state index contributed by atoms with van der Waals surface area (Å²) in [5.74, 6) is 0.834. The van der Waals surface area contributed by atoms with Gasteiger partial charge in [0, 0.05) is 0 Å². The number of aliphatic hydroxyl groups excluding tert-OH is 2. The van der Waals surface area contributed by atoms with Gasteiger partial charge in [0.25, 0.3) is 0 Å². The van der Waals surface area contributed by atoms with Crippen LogP contribution in [-0.4, -0.2) is 16.3 Å². The van der Waals surface area contributed by atoms with E-state index in [1.54, 1.807) is 6.07 Å². The van der Waals surface area contributed by atoms with E-state index in [4.69, 9.17) is 5.26 Å². The van der Waals surface area contributed by atoms with Crippen LogP contribution in [0.5, 0.6) is 0 Å². The zero-order valence-corrected chi connectivity index (χ0v) is 13.9. The fraction of sp³-hybridized carbons (Fsp3) is 0.611.